The highest BCUT2D eigenvalue weighted by molar-refractivity contribution is 5.95. The summed E-state index contributed by atoms with van der Waals surface area (Å²) >= 11 is 0. The van der Waals surface area contributed by atoms with Gasteiger partial charge in [-0.1, -0.05) is 18.2 Å². The van der Waals surface area contributed by atoms with Crippen LogP contribution >= 0.6 is 0 Å². The summed E-state index contributed by atoms with van der Waals surface area (Å²) in [4.78, 5) is 10.1. The number of para-hydroxylation sites is 1. The number of pyridine rings is 2. The Kier molecular flexibility index (Phi) is 3.10. The summed E-state index contributed by atoms with van der Waals surface area (Å²) in [6.45, 7) is 2.93. The number of hydrogen-bond donors (Lipinski definition) is 0. The third-order valence-electron chi connectivity index (χ3n) is 4.03. The first-order chi connectivity index (χ1) is 10.9. The molecule has 108 valence electrons. The third-order valence-corrected chi connectivity index (χ3v) is 4.03. The number of anilines is 1. The van der Waals surface area contributed by atoms with Gasteiger partial charge in [0, 0.05) is 10.8 Å². The molecule has 3 aromatic rings. The van der Waals surface area contributed by atoms with Crippen molar-refractivity contribution in [3.63, 3.8) is 0 Å². The van der Waals surface area contributed by atoms with Gasteiger partial charge in [-0.2, -0.15) is 5.26 Å². The molecule has 0 amide bonds. The minimum absolute atomic E-state index is 0.602. The Balaban J connectivity index is 1.96. The van der Waals surface area contributed by atoms with Crippen molar-refractivity contribution in [2.24, 2.45) is 0 Å². The predicted molar refractivity (Wildman–Crippen MR) is 83.6 cm³/mol. The molecule has 4 rings (SSSR count). The number of benzene rings is 1. The highest BCUT2D eigenvalue weighted by Crippen LogP contribution is 2.25. The largest absolute Gasteiger partial charge is 0.373 e. The van der Waals surface area contributed by atoms with Crippen molar-refractivity contribution in [3.8, 4) is 6.07 Å². The van der Waals surface area contributed by atoms with Crippen molar-refractivity contribution >= 4 is 27.6 Å². The maximum absolute atomic E-state index is 9.65. The highest BCUT2D eigenvalue weighted by Gasteiger charge is 2.25. The van der Waals surface area contributed by atoms with E-state index in [1.54, 1.807) is 0 Å². The normalized spacial score (nSPS) is 15.1. The quantitative estimate of drug-likeness (QED) is 0.642. The van der Waals surface area contributed by atoms with E-state index >= 15 is 0 Å². The summed E-state index contributed by atoms with van der Waals surface area (Å²) in [6.07, 6.45) is 1.93. The Morgan fingerprint density at radius 1 is 1.18 bits per heavy atom. The lowest BCUT2D eigenvalue weighted by molar-refractivity contribution is -0.362. The summed E-state index contributed by atoms with van der Waals surface area (Å²) in [5.74, 6) is 0.834. The van der Waals surface area contributed by atoms with Gasteiger partial charge in [-0.25, -0.2) is 9.97 Å². The minimum Gasteiger partial charge on any atom is -0.373 e. The number of H-pyrrole nitrogens is 1. The van der Waals surface area contributed by atoms with E-state index in [1.165, 1.54) is 0 Å². The zero-order valence-corrected chi connectivity index (χ0v) is 12.0. The van der Waals surface area contributed by atoms with Gasteiger partial charge >= 0.3 is 0 Å². The van der Waals surface area contributed by atoms with Crippen LogP contribution in [0.3, 0.4) is 0 Å². The smallest absolute Gasteiger partial charge is 0.294 e. The fourth-order valence-electron chi connectivity index (χ4n) is 2.92. The molecule has 1 aromatic carbocycles. The van der Waals surface area contributed by atoms with Crippen LogP contribution in [0.2, 0.25) is 0 Å². The number of nitriles is 1. The van der Waals surface area contributed by atoms with Crippen LogP contribution in [-0.2, 0) is 4.74 Å². The molecule has 1 N–H and O–H groups in total. The average molecular weight is 291 g/mol. The fraction of sp³-hybridized carbons (Fsp3) is 0.235. The number of hydrogen-bond acceptors (Lipinski definition) is 4. The summed E-state index contributed by atoms with van der Waals surface area (Å²) in [7, 11) is 0. The molecule has 0 radical (unpaired) electrons. The maximum Gasteiger partial charge on any atom is 0.294 e. The van der Waals surface area contributed by atoms with Crippen molar-refractivity contribution in [1.82, 2.24) is 4.98 Å². The number of rotatable bonds is 1. The van der Waals surface area contributed by atoms with Crippen molar-refractivity contribution in [2.45, 2.75) is 0 Å². The zero-order valence-electron chi connectivity index (χ0n) is 12.0. The van der Waals surface area contributed by atoms with Crippen LogP contribution in [0.25, 0.3) is 21.8 Å². The lowest BCUT2D eigenvalue weighted by Gasteiger charge is -2.22. The minimum atomic E-state index is 0.602. The molecule has 1 aliphatic rings. The third kappa shape index (κ3) is 2.05. The van der Waals surface area contributed by atoms with E-state index < -0.39 is 0 Å². The number of aromatic nitrogens is 2. The van der Waals surface area contributed by atoms with Gasteiger partial charge in [0.1, 0.15) is 24.7 Å². The predicted octanol–water partition coefficient (Wildman–Crippen LogP) is 1.91. The van der Waals surface area contributed by atoms with Gasteiger partial charge in [0.2, 0.25) is 0 Å². The van der Waals surface area contributed by atoms with Gasteiger partial charge in [0.05, 0.1) is 24.9 Å². The average Bonchev–Trinajstić information content (AvgIpc) is 2.59. The molecule has 3 heterocycles. The lowest BCUT2D eigenvalue weighted by atomic mass is 10.1. The molecule has 0 aliphatic carbocycles. The number of nitrogens with one attached hydrogen (secondary N) is 1. The van der Waals surface area contributed by atoms with E-state index in [1.807, 2.05) is 30.5 Å². The second-order valence-corrected chi connectivity index (χ2v) is 5.34. The molecule has 0 bridgehead atoms. The van der Waals surface area contributed by atoms with E-state index in [4.69, 9.17) is 9.72 Å². The van der Waals surface area contributed by atoms with Gasteiger partial charge in [-0.05, 0) is 12.1 Å². The molecule has 0 spiro atoms. The number of ether oxygens (including phenoxy) is 1. The van der Waals surface area contributed by atoms with E-state index in [0.717, 1.165) is 40.7 Å². The first-order valence-electron chi connectivity index (χ1n) is 7.34. The van der Waals surface area contributed by atoms with Crippen LogP contribution in [0.4, 0.5) is 5.82 Å². The Labute approximate surface area is 127 Å². The topological polar surface area (TPSA) is 63.3 Å². The lowest BCUT2D eigenvalue weighted by Crippen LogP contribution is -2.40. The monoisotopic (exact) mass is 291 g/mol. The van der Waals surface area contributed by atoms with Crippen LogP contribution in [-0.4, -0.2) is 31.3 Å². The summed E-state index contributed by atoms with van der Waals surface area (Å²) in [5, 5.41) is 11.7. The SMILES string of the molecule is N#Cc1c(N2CCOCC2)[nH+]cc2cc3ccccc3nc12. The summed E-state index contributed by atoms with van der Waals surface area (Å²) < 4.78 is 5.39. The van der Waals surface area contributed by atoms with Gasteiger partial charge in [-0.3, -0.25) is 4.90 Å². The molecule has 0 atom stereocenters. The van der Waals surface area contributed by atoms with Crippen molar-refractivity contribution in [1.29, 1.82) is 5.26 Å². The summed E-state index contributed by atoms with van der Waals surface area (Å²) in [5.41, 5.74) is 2.26. The Bertz CT molecular complexity index is 894. The number of morpholine rings is 1. The standard InChI is InChI=1S/C17H14N4O/c18-10-14-16-13(9-12-3-1-2-4-15(12)20-16)11-19-17(14)21-5-7-22-8-6-21/h1-4,9,11H,5-8H2/p+1. The van der Waals surface area contributed by atoms with Crippen molar-refractivity contribution in [3.05, 3.63) is 42.1 Å². The Morgan fingerprint density at radius 2 is 2.00 bits per heavy atom. The van der Waals surface area contributed by atoms with E-state index in [0.29, 0.717) is 18.8 Å². The van der Waals surface area contributed by atoms with Gasteiger partial charge in [-0.15, -0.1) is 0 Å². The van der Waals surface area contributed by atoms with Crippen LogP contribution in [0.5, 0.6) is 0 Å². The number of aromatic amines is 1. The maximum atomic E-state index is 9.65. The van der Waals surface area contributed by atoms with Crippen molar-refractivity contribution < 1.29 is 9.72 Å². The Morgan fingerprint density at radius 3 is 2.82 bits per heavy atom. The fourth-order valence-corrected chi connectivity index (χ4v) is 2.92. The number of fused-ring (bicyclic) bond motifs is 2. The zero-order chi connectivity index (χ0) is 14.9. The van der Waals surface area contributed by atoms with Gasteiger partial charge in [0.15, 0.2) is 5.56 Å². The van der Waals surface area contributed by atoms with Gasteiger partial charge < -0.3 is 4.74 Å². The van der Waals surface area contributed by atoms with Crippen molar-refractivity contribution in [2.75, 3.05) is 31.2 Å². The van der Waals surface area contributed by atoms with E-state index in [2.05, 4.69) is 22.0 Å². The van der Waals surface area contributed by atoms with Crippen LogP contribution in [0, 0.1) is 11.3 Å². The van der Waals surface area contributed by atoms with Crippen LogP contribution in [0.15, 0.2) is 36.5 Å². The molecule has 5 heteroatoms. The molecule has 1 fully saturated rings. The highest BCUT2D eigenvalue weighted by atomic mass is 16.5. The molecule has 0 saturated carbocycles. The molecular weight excluding hydrogens is 276 g/mol. The van der Waals surface area contributed by atoms with Gasteiger partial charge in [0.25, 0.3) is 5.82 Å². The molecule has 22 heavy (non-hydrogen) atoms. The number of nitrogens with zero attached hydrogens (tertiary/aromatic N) is 3. The molecular formula is C17H15N4O+. The molecule has 1 aliphatic heterocycles. The first-order valence-corrected chi connectivity index (χ1v) is 7.34. The molecule has 5 nitrogen and oxygen atoms in total. The molecule has 1 saturated heterocycles. The Hall–Kier alpha value is -2.71. The second kappa shape index (κ2) is 5.24. The van der Waals surface area contributed by atoms with E-state index in [-0.39, 0.29) is 0 Å². The summed E-state index contributed by atoms with van der Waals surface area (Å²) in [6, 6.07) is 12.4. The second-order valence-electron chi connectivity index (χ2n) is 5.34. The van der Waals surface area contributed by atoms with Crippen LogP contribution in [0.1, 0.15) is 5.56 Å². The first kappa shape index (κ1) is 13.0. The van der Waals surface area contributed by atoms with Crippen LogP contribution < -0.4 is 9.88 Å². The molecule has 0 unspecified atom stereocenters. The molecule has 2 aromatic heterocycles. The van der Waals surface area contributed by atoms with E-state index in [9.17, 15) is 5.26 Å².